The Morgan fingerprint density at radius 1 is 1.17 bits per heavy atom. The van der Waals surface area contributed by atoms with Crippen LogP contribution in [0, 0.1) is 18.8 Å². The van der Waals surface area contributed by atoms with E-state index in [1.165, 1.54) is 19.4 Å². The molecule has 3 fully saturated rings. The van der Waals surface area contributed by atoms with Gasteiger partial charge in [0.05, 0.1) is 12.6 Å². The number of nitrogens with one attached hydrogen (secondary N) is 1. The van der Waals surface area contributed by atoms with Crippen LogP contribution in [-0.2, 0) is 20.9 Å². The number of aromatic nitrogens is 4. The lowest BCUT2D eigenvalue weighted by Crippen LogP contribution is -2.52. The van der Waals surface area contributed by atoms with Gasteiger partial charge >= 0.3 is 0 Å². The molecule has 4 rings (SSSR count). The molecule has 1 N–H and O–H groups in total. The number of morpholine rings is 1. The Morgan fingerprint density at radius 3 is 2.63 bits per heavy atom. The smallest absolute Gasteiger partial charge is 0.248 e. The molecule has 0 spiro atoms. The number of aryl methyl sites for hydroxylation is 2. The van der Waals surface area contributed by atoms with Gasteiger partial charge in [0.2, 0.25) is 11.8 Å². The largest absolute Gasteiger partial charge is 0.365 e. The highest BCUT2D eigenvalue weighted by atomic mass is 16.5. The number of nitrogens with zero attached hydrogens (tertiary/aromatic N) is 6. The normalized spacial score (nSPS) is 23.7. The highest BCUT2D eigenvalue weighted by molar-refractivity contribution is 5.78. The average Bonchev–Trinajstić information content (AvgIpc) is 3.47. The summed E-state index contributed by atoms with van der Waals surface area (Å²) in [5.74, 6) is 2.19. The molecule has 0 aromatic carbocycles. The summed E-state index contributed by atoms with van der Waals surface area (Å²) in [7, 11) is 0. The zero-order chi connectivity index (χ0) is 20.9. The molecule has 0 bridgehead atoms. The van der Waals surface area contributed by atoms with E-state index in [0.29, 0.717) is 37.8 Å². The summed E-state index contributed by atoms with van der Waals surface area (Å²) in [6.45, 7) is 7.69. The highest BCUT2D eigenvalue weighted by Gasteiger charge is 2.31. The monoisotopic (exact) mass is 419 g/mol. The molecule has 2 aliphatic heterocycles. The van der Waals surface area contributed by atoms with Crippen LogP contribution >= 0.6 is 0 Å². The van der Waals surface area contributed by atoms with Crippen molar-refractivity contribution in [1.29, 1.82) is 0 Å². The van der Waals surface area contributed by atoms with Crippen LogP contribution in [0.2, 0.25) is 0 Å². The summed E-state index contributed by atoms with van der Waals surface area (Å²) in [4.78, 5) is 29.0. The standard InChI is InChI=1S/C20H33N7O3/c1-15-22-23-24-27(15)9-6-19(28)21-10-18-13-26(20(29)14-30-18)12-17-4-7-25(8-5-17)11-16-2-3-16/h16-18H,2-14H2,1H3,(H,21,28). The van der Waals surface area contributed by atoms with E-state index in [9.17, 15) is 9.59 Å². The van der Waals surface area contributed by atoms with Gasteiger partial charge in [0.1, 0.15) is 12.4 Å². The van der Waals surface area contributed by atoms with Gasteiger partial charge in [-0.25, -0.2) is 4.68 Å². The van der Waals surface area contributed by atoms with Gasteiger partial charge in [0.15, 0.2) is 0 Å². The van der Waals surface area contributed by atoms with Gasteiger partial charge in [-0.05, 0) is 68.0 Å². The molecule has 0 radical (unpaired) electrons. The Morgan fingerprint density at radius 2 is 1.93 bits per heavy atom. The van der Waals surface area contributed by atoms with Crippen molar-refractivity contribution in [3.8, 4) is 0 Å². The molecule has 166 valence electrons. The van der Waals surface area contributed by atoms with E-state index in [-0.39, 0.29) is 24.5 Å². The predicted octanol–water partition coefficient (Wildman–Crippen LogP) is -0.163. The topological polar surface area (TPSA) is 105 Å². The number of likely N-dealkylation sites (tertiary alicyclic amines) is 1. The first-order valence-corrected chi connectivity index (χ1v) is 11.2. The summed E-state index contributed by atoms with van der Waals surface area (Å²) < 4.78 is 7.25. The summed E-state index contributed by atoms with van der Waals surface area (Å²) in [5, 5.41) is 14.1. The third-order valence-corrected chi connectivity index (χ3v) is 6.41. The molecule has 10 nitrogen and oxygen atoms in total. The van der Waals surface area contributed by atoms with Crippen LogP contribution in [0.15, 0.2) is 0 Å². The van der Waals surface area contributed by atoms with Gasteiger partial charge in [-0.1, -0.05) is 0 Å². The number of ether oxygens (including phenoxy) is 1. The number of rotatable bonds is 9. The van der Waals surface area contributed by atoms with Crippen molar-refractivity contribution in [2.75, 3.05) is 45.9 Å². The van der Waals surface area contributed by atoms with Crippen molar-refractivity contribution >= 4 is 11.8 Å². The maximum Gasteiger partial charge on any atom is 0.248 e. The summed E-state index contributed by atoms with van der Waals surface area (Å²) in [5.41, 5.74) is 0. The molecule has 1 aliphatic carbocycles. The van der Waals surface area contributed by atoms with Gasteiger partial charge in [-0.3, -0.25) is 9.59 Å². The van der Waals surface area contributed by atoms with E-state index >= 15 is 0 Å². The minimum Gasteiger partial charge on any atom is -0.365 e. The molecular formula is C20H33N7O3. The van der Waals surface area contributed by atoms with Crippen molar-refractivity contribution in [1.82, 2.24) is 35.3 Å². The second kappa shape index (κ2) is 9.82. The first-order valence-electron chi connectivity index (χ1n) is 11.2. The molecule has 3 aliphatic rings. The molecule has 10 heteroatoms. The summed E-state index contributed by atoms with van der Waals surface area (Å²) in [6.07, 6.45) is 5.27. The second-order valence-corrected chi connectivity index (χ2v) is 8.92. The fourth-order valence-corrected chi connectivity index (χ4v) is 4.29. The number of hydrogen-bond acceptors (Lipinski definition) is 7. The lowest BCUT2D eigenvalue weighted by atomic mass is 9.95. The Kier molecular flexibility index (Phi) is 6.93. The average molecular weight is 420 g/mol. The summed E-state index contributed by atoms with van der Waals surface area (Å²) in [6, 6.07) is 0. The van der Waals surface area contributed by atoms with Gasteiger partial charge < -0.3 is 19.9 Å². The van der Waals surface area contributed by atoms with Gasteiger partial charge in [0, 0.05) is 32.6 Å². The van der Waals surface area contributed by atoms with E-state index in [1.807, 2.05) is 4.90 Å². The highest BCUT2D eigenvalue weighted by Crippen LogP contribution is 2.31. The van der Waals surface area contributed by atoms with Gasteiger partial charge in [-0.2, -0.15) is 0 Å². The predicted molar refractivity (Wildman–Crippen MR) is 108 cm³/mol. The number of carbonyl (C=O) groups is 2. The third-order valence-electron chi connectivity index (χ3n) is 6.41. The number of carbonyl (C=O) groups excluding carboxylic acids is 2. The molecule has 2 amide bonds. The molecule has 1 unspecified atom stereocenters. The molecule has 2 saturated heterocycles. The molecule has 1 saturated carbocycles. The first kappa shape index (κ1) is 21.2. The summed E-state index contributed by atoms with van der Waals surface area (Å²) >= 11 is 0. The lowest BCUT2D eigenvalue weighted by molar-refractivity contribution is -0.150. The van der Waals surface area contributed by atoms with Crippen LogP contribution in [0.4, 0.5) is 0 Å². The molecule has 3 heterocycles. The van der Waals surface area contributed by atoms with Crippen molar-refractivity contribution in [3.05, 3.63) is 5.82 Å². The lowest BCUT2D eigenvalue weighted by Gasteiger charge is -2.38. The Bertz CT molecular complexity index is 728. The van der Waals surface area contributed by atoms with Crippen LogP contribution in [0.5, 0.6) is 0 Å². The maximum atomic E-state index is 12.3. The van der Waals surface area contributed by atoms with Crippen molar-refractivity contribution in [2.45, 2.75) is 51.7 Å². The van der Waals surface area contributed by atoms with Crippen LogP contribution in [-0.4, -0.2) is 93.8 Å². The minimum atomic E-state index is -0.156. The van der Waals surface area contributed by atoms with E-state index in [1.54, 1.807) is 11.6 Å². The van der Waals surface area contributed by atoms with E-state index < -0.39 is 0 Å². The van der Waals surface area contributed by atoms with Crippen LogP contribution in [0.3, 0.4) is 0 Å². The quantitative estimate of drug-likeness (QED) is 0.593. The van der Waals surface area contributed by atoms with Crippen molar-refractivity contribution < 1.29 is 14.3 Å². The number of piperidine rings is 1. The molecule has 1 aromatic rings. The van der Waals surface area contributed by atoms with Crippen LogP contribution in [0.25, 0.3) is 0 Å². The zero-order valence-corrected chi connectivity index (χ0v) is 17.8. The van der Waals surface area contributed by atoms with Crippen LogP contribution in [0.1, 0.15) is 37.9 Å². The molecule has 1 atom stereocenters. The zero-order valence-electron chi connectivity index (χ0n) is 17.8. The second-order valence-electron chi connectivity index (χ2n) is 8.92. The Hall–Kier alpha value is -2.07. The van der Waals surface area contributed by atoms with Crippen molar-refractivity contribution in [2.24, 2.45) is 11.8 Å². The van der Waals surface area contributed by atoms with E-state index in [2.05, 4.69) is 25.7 Å². The number of amides is 2. The molecular weight excluding hydrogens is 386 g/mol. The fraction of sp³-hybridized carbons (Fsp3) is 0.850. The first-order chi connectivity index (χ1) is 14.6. The number of tetrazole rings is 1. The third kappa shape index (κ3) is 5.98. The molecule has 30 heavy (non-hydrogen) atoms. The Labute approximate surface area is 177 Å². The van der Waals surface area contributed by atoms with Crippen molar-refractivity contribution in [3.63, 3.8) is 0 Å². The van der Waals surface area contributed by atoms with Gasteiger partial charge in [0.25, 0.3) is 0 Å². The minimum absolute atomic E-state index is 0.0622. The maximum absolute atomic E-state index is 12.3. The van der Waals surface area contributed by atoms with Gasteiger partial charge in [-0.15, -0.1) is 5.10 Å². The number of hydrogen-bond donors (Lipinski definition) is 1. The molecule has 1 aromatic heterocycles. The SMILES string of the molecule is Cc1nnnn1CCC(=O)NCC1CN(CC2CCN(CC3CC3)CC2)C(=O)CO1. The fourth-order valence-electron chi connectivity index (χ4n) is 4.29. The van der Waals surface area contributed by atoms with E-state index in [0.717, 1.165) is 38.4 Å². The Balaban J connectivity index is 1.15. The van der Waals surface area contributed by atoms with Crippen LogP contribution < -0.4 is 5.32 Å². The van der Waals surface area contributed by atoms with E-state index in [4.69, 9.17) is 4.74 Å².